The number of benzene rings is 2. The van der Waals surface area contributed by atoms with Crippen LogP contribution in [0, 0.1) is 13.8 Å². The molecule has 0 spiro atoms. The number of carbonyl (C=O) groups is 1. The molecule has 0 aromatic heterocycles. The maximum atomic E-state index is 12.2. The summed E-state index contributed by atoms with van der Waals surface area (Å²) in [5.41, 5.74) is 5.61. The van der Waals surface area contributed by atoms with Crippen LogP contribution in [0.5, 0.6) is 0 Å². The highest BCUT2D eigenvalue weighted by atomic mass is 16.1. The Hall–Kier alpha value is -2.53. The molecular formula is C22H30N4O. The molecule has 2 aromatic rings. The lowest BCUT2D eigenvalue weighted by Crippen LogP contribution is -2.44. The molecule has 2 aromatic carbocycles. The summed E-state index contributed by atoms with van der Waals surface area (Å²) in [5, 5.41) is 6.32. The van der Waals surface area contributed by atoms with Crippen LogP contribution in [0.2, 0.25) is 0 Å². The van der Waals surface area contributed by atoms with E-state index in [0.29, 0.717) is 13.0 Å². The zero-order chi connectivity index (χ0) is 19.2. The van der Waals surface area contributed by atoms with Gasteiger partial charge in [-0.3, -0.25) is 4.79 Å². The first-order valence-corrected chi connectivity index (χ1v) is 9.66. The third kappa shape index (κ3) is 5.47. The topological polar surface area (TPSA) is 47.6 Å². The number of hydrogen-bond acceptors (Lipinski definition) is 4. The minimum Gasteiger partial charge on any atom is -0.384 e. The molecule has 5 nitrogen and oxygen atoms in total. The molecule has 144 valence electrons. The van der Waals surface area contributed by atoms with Crippen LogP contribution in [0.15, 0.2) is 42.5 Å². The number of piperazine rings is 1. The lowest BCUT2D eigenvalue weighted by Gasteiger charge is -2.34. The predicted octanol–water partition coefficient (Wildman–Crippen LogP) is 3.50. The molecule has 0 atom stereocenters. The second-order valence-electron chi connectivity index (χ2n) is 7.38. The highest BCUT2D eigenvalue weighted by molar-refractivity contribution is 5.91. The van der Waals surface area contributed by atoms with Crippen molar-refractivity contribution >= 4 is 23.0 Å². The van der Waals surface area contributed by atoms with E-state index < -0.39 is 0 Å². The van der Waals surface area contributed by atoms with Gasteiger partial charge in [-0.2, -0.15) is 0 Å². The van der Waals surface area contributed by atoms with Crippen LogP contribution in [0.3, 0.4) is 0 Å². The number of anilines is 3. The van der Waals surface area contributed by atoms with E-state index in [4.69, 9.17) is 0 Å². The maximum Gasteiger partial charge on any atom is 0.226 e. The van der Waals surface area contributed by atoms with Crippen LogP contribution >= 0.6 is 0 Å². The van der Waals surface area contributed by atoms with E-state index >= 15 is 0 Å². The van der Waals surface area contributed by atoms with Gasteiger partial charge in [0.25, 0.3) is 0 Å². The maximum absolute atomic E-state index is 12.2. The second kappa shape index (κ2) is 8.91. The molecule has 1 heterocycles. The average molecular weight is 367 g/mol. The third-order valence-electron chi connectivity index (χ3n) is 5.07. The summed E-state index contributed by atoms with van der Waals surface area (Å²) in [4.78, 5) is 16.9. The smallest absolute Gasteiger partial charge is 0.226 e. The molecule has 0 radical (unpaired) electrons. The number of amides is 1. The fraction of sp³-hybridized carbons (Fsp3) is 0.409. The number of hydrogen-bond donors (Lipinski definition) is 2. The summed E-state index contributed by atoms with van der Waals surface area (Å²) in [7, 11) is 2.16. The minimum absolute atomic E-state index is 0.0274. The fourth-order valence-electron chi connectivity index (χ4n) is 3.37. The SMILES string of the molecule is Cc1ccc(NCCC(=O)Nc2ccc(N3CCN(C)CC3)cc2)c(C)c1. The summed E-state index contributed by atoms with van der Waals surface area (Å²) in [5.74, 6) is 0.0274. The van der Waals surface area contributed by atoms with E-state index in [1.54, 1.807) is 0 Å². The van der Waals surface area contributed by atoms with E-state index in [9.17, 15) is 4.79 Å². The van der Waals surface area contributed by atoms with Crippen LogP contribution in [0.25, 0.3) is 0 Å². The van der Waals surface area contributed by atoms with Crippen molar-refractivity contribution in [1.29, 1.82) is 0 Å². The third-order valence-corrected chi connectivity index (χ3v) is 5.07. The van der Waals surface area contributed by atoms with Gasteiger partial charge in [0, 0.05) is 56.2 Å². The quantitative estimate of drug-likeness (QED) is 0.822. The number of rotatable bonds is 6. The molecule has 1 amide bonds. The van der Waals surface area contributed by atoms with Gasteiger partial charge in [0.2, 0.25) is 5.91 Å². The Morgan fingerprint density at radius 3 is 2.37 bits per heavy atom. The summed E-state index contributed by atoms with van der Waals surface area (Å²) in [6, 6.07) is 14.5. The van der Waals surface area contributed by atoms with Gasteiger partial charge in [0.1, 0.15) is 0 Å². The molecule has 1 fully saturated rings. The molecule has 1 aliphatic rings. The molecule has 3 rings (SSSR count). The normalized spacial score (nSPS) is 14.9. The van der Waals surface area contributed by atoms with Crippen molar-refractivity contribution in [3.63, 3.8) is 0 Å². The fourth-order valence-corrected chi connectivity index (χ4v) is 3.37. The van der Waals surface area contributed by atoms with Gasteiger partial charge in [-0.05, 0) is 56.8 Å². The minimum atomic E-state index is 0.0274. The van der Waals surface area contributed by atoms with Gasteiger partial charge in [-0.15, -0.1) is 0 Å². The van der Waals surface area contributed by atoms with Crippen LogP contribution in [0.4, 0.5) is 17.1 Å². The number of nitrogens with one attached hydrogen (secondary N) is 2. The van der Waals surface area contributed by atoms with Crippen molar-refractivity contribution < 1.29 is 4.79 Å². The van der Waals surface area contributed by atoms with Gasteiger partial charge >= 0.3 is 0 Å². The van der Waals surface area contributed by atoms with E-state index in [0.717, 1.165) is 37.6 Å². The van der Waals surface area contributed by atoms with Gasteiger partial charge in [0.05, 0.1) is 0 Å². The molecule has 5 heteroatoms. The van der Waals surface area contributed by atoms with Crippen molar-refractivity contribution in [1.82, 2.24) is 4.90 Å². The van der Waals surface area contributed by atoms with Crippen LogP contribution < -0.4 is 15.5 Å². The van der Waals surface area contributed by atoms with Crippen LogP contribution in [0.1, 0.15) is 17.5 Å². The Morgan fingerprint density at radius 2 is 1.70 bits per heavy atom. The Bertz CT molecular complexity index is 764. The van der Waals surface area contributed by atoms with Crippen LogP contribution in [-0.2, 0) is 4.79 Å². The molecule has 1 aliphatic heterocycles. The second-order valence-corrected chi connectivity index (χ2v) is 7.38. The number of nitrogens with zero attached hydrogens (tertiary/aromatic N) is 2. The lowest BCUT2D eigenvalue weighted by molar-refractivity contribution is -0.115. The number of aryl methyl sites for hydroxylation is 2. The van der Waals surface area contributed by atoms with Crippen molar-refractivity contribution in [3.05, 3.63) is 53.6 Å². The monoisotopic (exact) mass is 366 g/mol. The Labute approximate surface area is 162 Å². The van der Waals surface area contributed by atoms with Crippen molar-refractivity contribution in [2.24, 2.45) is 0 Å². The van der Waals surface area contributed by atoms with Gasteiger partial charge in [0.15, 0.2) is 0 Å². The summed E-state index contributed by atoms with van der Waals surface area (Å²) < 4.78 is 0. The Kier molecular flexibility index (Phi) is 6.35. The first-order valence-electron chi connectivity index (χ1n) is 9.66. The Morgan fingerprint density at radius 1 is 1.00 bits per heavy atom. The number of likely N-dealkylation sites (N-methyl/N-ethyl adjacent to an activating group) is 1. The zero-order valence-corrected chi connectivity index (χ0v) is 16.6. The largest absolute Gasteiger partial charge is 0.384 e. The van der Waals surface area contributed by atoms with Gasteiger partial charge < -0.3 is 20.4 Å². The standard InChI is InChI=1S/C22H30N4O/c1-17-4-9-21(18(2)16-17)23-11-10-22(27)24-19-5-7-20(8-6-19)26-14-12-25(3)13-15-26/h4-9,16,23H,10-15H2,1-3H3,(H,24,27). The molecular weight excluding hydrogens is 336 g/mol. The lowest BCUT2D eigenvalue weighted by atomic mass is 10.1. The molecule has 0 unspecified atom stereocenters. The Balaban J connectivity index is 1.45. The number of carbonyl (C=O) groups excluding carboxylic acids is 1. The van der Waals surface area contributed by atoms with E-state index in [2.05, 4.69) is 71.7 Å². The van der Waals surface area contributed by atoms with Gasteiger partial charge in [-0.25, -0.2) is 0 Å². The summed E-state index contributed by atoms with van der Waals surface area (Å²) in [6.07, 6.45) is 0.438. The highest BCUT2D eigenvalue weighted by Crippen LogP contribution is 2.20. The zero-order valence-electron chi connectivity index (χ0n) is 16.6. The molecule has 27 heavy (non-hydrogen) atoms. The van der Waals surface area contributed by atoms with Crippen molar-refractivity contribution in [2.45, 2.75) is 20.3 Å². The van der Waals surface area contributed by atoms with Crippen molar-refractivity contribution in [3.8, 4) is 0 Å². The molecule has 0 saturated carbocycles. The first-order chi connectivity index (χ1) is 13.0. The van der Waals surface area contributed by atoms with E-state index in [1.807, 2.05) is 12.1 Å². The van der Waals surface area contributed by atoms with Crippen molar-refractivity contribution in [2.75, 3.05) is 55.3 Å². The molecule has 0 bridgehead atoms. The highest BCUT2D eigenvalue weighted by Gasteiger charge is 2.14. The average Bonchev–Trinajstić information content (AvgIpc) is 2.65. The summed E-state index contributed by atoms with van der Waals surface area (Å²) >= 11 is 0. The van der Waals surface area contributed by atoms with Gasteiger partial charge in [-0.1, -0.05) is 17.7 Å². The molecule has 0 aliphatic carbocycles. The summed E-state index contributed by atoms with van der Waals surface area (Å²) in [6.45, 7) is 9.06. The molecule has 1 saturated heterocycles. The van der Waals surface area contributed by atoms with E-state index in [1.165, 1.54) is 16.8 Å². The first kappa shape index (κ1) is 19.2. The predicted molar refractivity (Wildman–Crippen MR) is 114 cm³/mol. The molecule has 2 N–H and O–H groups in total. The van der Waals surface area contributed by atoms with Crippen LogP contribution in [-0.4, -0.2) is 50.6 Å². The van der Waals surface area contributed by atoms with E-state index in [-0.39, 0.29) is 5.91 Å².